The molecule has 2 N–H and O–H groups in total. The van der Waals surface area contributed by atoms with E-state index in [1.165, 1.54) is 16.7 Å². The minimum atomic E-state index is -1.29. The van der Waals surface area contributed by atoms with Crippen LogP contribution in [0.4, 0.5) is 4.79 Å². The third kappa shape index (κ3) is 4.96. The van der Waals surface area contributed by atoms with Crippen molar-refractivity contribution in [1.29, 1.82) is 0 Å². The molecule has 3 aliphatic heterocycles. The average molecular weight is 481 g/mol. The predicted octanol–water partition coefficient (Wildman–Crippen LogP) is -2.63. The summed E-state index contributed by atoms with van der Waals surface area (Å²) in [6.45, 7) is 0.906. The summed E-state index contributed by atoms with van der Waals surface area (Å²) in [5.41, 5.74) is 0.954. The quantitative estimate of drug-likeness (QED) is 0.245. The van der Waals surface area contributed by atoms with Gasteiger partial charge < -0.3 is 26.2 Å². The van der Waals surface area contributed by atoms with Crippen molar-refractivity contribution >= 4 is 29.8 Å². The van der Waals surface area contributed by atoms with Gasteiger partial charge in [0.05, 0.1) is 6.04 Å². The van der Waals surface area contributed by atoms with Gasteiger partial charge in [0.25, 0.3) is 5.91 Å². The number of nitrogens with one attached hydrogen (secondary N) is 1. The van der Waals surface area contributed by atoms with Gasteiger partial charge in [0.15, 0.2) is 0 Å². The molecule has 3 amide bonds. The maximum absolute atomic E-state index is 12.8. The van der Waals surface area contributed by atoms with Gasteiger partial charge in [0, 0.05) is 19.4 Å². The fourth-order valence-electron chi connectivity index (χ4n) is 4.60. The number of esters is 2. The van der Waals surface area contributed by atoms with E-state index >= 15 is 0 Å². The molecule has 3 heterocycles. The number of carboxylic acid groups (broad SMARTS) is 1. The van der Waals surface area contributed by atoms with Gasteiger partial charge in [-0.05, 0) is 17.6 Å². The Kier molecular flexibility index (Phi) is 8.01. The first-order valence-electron chi connectivity index (χ1n) is 10.4. The fraction of sp³-hybridized carbons (Fsp3) is 0.409. The zero-order chi connectivity index (χ0) is 23.7. The minimum Gasteiger partial charge on any atom is -1.00 e. The zero-order valence-corrected chi connectivity index (χ0v) is 20.9. The summed E-state index contributed by atoms with van der Waals surface area (Å²) in [7, 11) is 0. The number of β-lactam (4-membered cyclic amide) rings is 1. The number of carbonyl (C=O) groups is 5. The van der Waals surface area contributed by atoms with E-state index in [9.17, 15) is 29.1 Å². The summed E-state index contributed by atoms with van der Waals surface area (Å²) >= 11 is 0. The molecule has 0 saturated carbocycles. The Labute approximate surface area is 218 Å². The molecule has 34 heavy (non-hydrogen) atoms. The van der Waals surface area contributed by atoms with E-state index in [1.807, 2.05) is 18.2 Å². The summed E-state index contributed by atoms with van der Waals surface area (Å²) in [5, 5.41) is 12.1. The van der Waals surface area contributed by atoms with Crippen molar-refractivity contribution in [3.05, 3.63) is 47.2 Å². The van der Waals surface area contributed by atoms with Crippen LogP contribution in [0.1, 0.15) is 20.3 Å². The second-order valence-corrected chi connectivity index (χ2v) is 8.10. The van der Waals surface area contributed by atoms with Crippen molar-refractivity contribution in [2.75, 3.05) is 19.7 Å². The number of amides is 3. The molecule has 3 aliphatic rings. The molecule has 4 rings (SSSR count). The molecule has 11 nitrogen and oxygen atoms in total. The van der Waals surface area contributed by atoms with E-state index in [0.717, 1.165) is 5.56 Å². The molecule has 1 aromatic carbocycles. The van der Waals surface area contributed by atoms with Crippen LogP contribution in [-0.2, 0) is 35.3 Å². The smallest absolute Gasteiger partial charge is 1.00 e. The van der Waals surface area contributed by atoms with Gasteiger partial charge in [-0.3, -0.25) is 19.3 Å². The average Bonchev–Trinajstić information content (AvgIpc) is 3.16. The molecule has 3 atom stereocenters. The number of likely N-dealkylation sites (tertiary alicyclic amines) is 1. The van der Waals surface area contributed by atoms with Crippen LogP contribution in [0.5, 0.6) is 0 Å². The van der Waals surface area contributed by atoms with E-state index in [2.05, 4.69) is 5.32 Å². The Morgan fingerprint density at radius 2 is 1.85 bits per heavy atom. The first-order valence-corrected chi connectivity index (χ1v) is 10.4. The summed E-state index contributed by atoms with van der Waals surface area (Å²) < 4.78 is 10.1. The first-order chi connectivity index (χ1) is 15.8. The SMILES string of the molecule is CC(=O)OCC1=C(C(=O)O)N2C(=O)[C@@H]3[C@H]2[C@H](C1)CN3C(=O)NCC(=O)OCc1ccccc1.[H-].[Na+]. The van der Waals surface area contributed by atoms with Crippen LogP contribution in [0.25, 0.3) is 0 Å². The third-order valence-electron chi connectivity index (χ3n) is 5.99. The van der Waals surface area contributed by atoms with Crippen molar-refractivity contribution in [1.82, 2.24) is 15.1 Å². The molecule has 176 valence electrons. The van der Waals surface area contributed by atoms with Crippen molar-refractivity contribution in [3.8, 4) is 0 Å². The number of urea groups is 1. The summed E-state index contributed by atoms with van der Waals surface area (Å²) in [6.07, 6.45) is 0.281. The molecule has 0 bridgehead atoms. The van der Waals surface area contributed by atoms with Gasteiger partial charge in [-0.15, -0.1) is 0 Å². The molecular formula is C22H24N3NaO8. The van der Waals surface area contributed by atoms with Crippen molar-refractivity contribution < 1.29 is 69.5 Å². The summed E-state index contributed by atoms with van der Waals surface area (Å²) in [5.74, 6) is -3.18. The fourth-order valence-corrected chi connectivity index (χ4v) is 4.60. The van der Waals surface area contributed by atoms with E-state index in [4.69, 9.17) is 9.47 Å². The van der Waals surface area contributed by atoms with Crippen LogP contribution in [0.3, 0.4) is 0 Å². The molecule has 0 unspecified atom stereocenters. The monoisotopic (exact) mass is 481 g/mol. The number of carbonyl (C=O) groups excluding carboxylic acids is 4. The molecule has 12 heteroatoms. The molecule has 0 aromatic heterocycles. The number of hydrogen-bond donors (Lipinski definition) is 2. The number of rotatable bonds is 7. The van der Waals surface area contributed by atoms with Gasteiger partial charge in [-0.2, -0.15) is 0 Å². The molecule has 2 saturated heterocycles. The Morgan fingerprint density at radius 3 is 2.50 bits per heavy atom. The van der Waals surface area contributed by atoms with Gasteiger partial charge in [-0.1, -0.05) is 30.3 Å². The Balaban J connectivity index is 0.00000216. The molecule has 0 radical (unpaired) electrons. The molecule has 2 fully saturated rings. The van der Waals surface area contributed by atoms with E-state index in [0.29, 0.717) is 5.57 Å². The van der Waals surface area contributed by atoms with Crippen molar-refractivity contribution in [2.45, 2.75) is 32.0 Å². The molecule has 0 spiro atoms. The number of benzene rings is 1. The Morgan fingerprint density at radius 1 is 1.15 bits per heavy atom. The van der Waals surface area contributed by atoms with Crippen molar-refractivity contribution in [2.24, 2.45) is 5.92 Å². The van der Waals surface area contributed by atoms with Crippen LogP contribution in [0, 0.1) is 5.92 Å². The molecule has 1 aromatic rings. The summed E-state index contributed by atoms with van der Waals surface area (Å²) in [6, 6.07) is 7.24. The van der Waals surface area contributed by atoms with Crippen LogP contribution in [0.2, 0.25) is 0 Å². The van der Waals surface area contributed by atoms with Crippen LogP contribution in [0.15, 0.2) is 41.6 Å². The predicted molar refractivity (Wildman–Crippen MR) is 111 cm³/mol. The van der Waals surface area contributed by atoms with E-state index in [-0.39, 0.29) is 75.3 Å². The largest absolute Gasteiger partial charge is 1.00 e. The maximum atomic E-state index is 12.8. The minimum absolute atomic E-state index is 0. The number of nitrogens with zero attached hydrogens (tertiary/aromatic N) is 2. The Bertz CT molecular complexity index is 1050. The van der Waals surface area contributed by atoms with Crippen LogP contribution < -0.4 is 34.9 Å². The molecule has 0 aliphatic carbocycles. The van der Waals surface area contributed by atoms with Crippen LogP contribution >= 0.6 is 0 Å². The number of hydrogen-bond acceptors (Lipinski definition) is 7. The number of carboxylic acids is 1. The van der Waals surface area contributed by atoms with Gasteiger partial charge in [-0.25, -0.2) is 9.59 Å². The summed E-state index contributed by atoms with van der Waals surface area (Å²) in [4.78, 5) is 62.9. The standard InChI is InChI=1S/C22H23N3O8.Na.H/c1-12(26)32-11-15-7-14-9-24(19-17(14)25(20(19)28)18(15)21(29)30)22(31)23-8-16(27)33-10-13-5-3-2-4-6-13;;/h2-6,14,17,19H,7-11H2,1H3,(H,23,31)(H,29,30);;/q;+1;-1/t14-,17-,19+;;/m1../s1. The second kappa shape index (κ2) is 10.6. The zero-order valence-electron chi connectivity index (χ0n) is 19.9. The normalized spacial score (nSPS) is 22.3. The second-order valence-electron chi connectivity index (χ2n) is 8.10. The van der Waals surface area contributed by atoms with E-state index in [1.54, 1.807) is 12.1 Å². The first kappa shape index (κ1) is 25.7. The van der Waals surface area contributed by atoms with Crippen LogP contribution in [-0.4, -0.2) is 76.5 Å². The topological polar surface area (TPSA) is 143 Å². The van der Waals surface area contributed by atoms with Gasteiger partial charge >= 0.3 is 53.5 Å². The van der Waals surface area contributed by atoms with Gasteiger partial charge in [0.1, 0.15) is 31.5 Å². The Hall–Kier alpha value is -2.89. The third-order valence-corrected chi connectivity index (χ3v) is 5.99. The number of ether oxygens (including phenoxy) is 2. The van der Waals surface area contributed by atoms with Gasteiger partial charge in [0.2, 0.25) is 0 Å². The maximum Gasteiger partial charge on any atom is 1.00 e. The van der Waals surface area contributed by atoms with E-state index < -0.39 is 41.9 Å². The molecular weight excluding hydrogens is 457 g/mol. The van der Waals surface area contributed by atoms with Crippen molar-refractivity contribution in [3.63, 3.8) is 0 Å². The number of aliphatic carboxylic acids is 1.